The molecule has 4 atom stereocenters. The Morgan fingerprint density at radius 1 is 0.564 bits per heavy atom. The third-order valence-electron chi connectivity index (χ3n) is 19.9. The quantitative estimate of drug-likeness (QED) is 0.0639. The van der Waals surface area contributed by atoms with Gasteiger partial charge in [-0.2, -0.15) is 0 Å². The number of piperazine rings is 2. The second-order valence-electron chi connectivity index (χ2n) is 26.1. The number of carbonyl (C=O) groups excluding carboxylic acids is 6. The van der Waals surface area contributed by atoms with Crippen molar-refractivity contribution in [3.8, 4) is 5.75 Å². The number of benzene rings is 4. The molecule has 2 aromatic heterocycles. The Morgan fingerprint density at radius 2 is 1.06 bits per heavy atom. The number of halogens is 6. The molecule has 0 bridgehead atoms. The van der Waals surface area contributed by atoms with E-state index in [4.69, 9.17) is 47.4 Å². The van der Waals surface area contributed by atoms with Crippen molar-refractivity contribution in [1.29, 1.82) is 0 Å². The van der Waals surface area contributed by atoms with Crippen molar-refractivity contribution in [2.75, 3.05) is 107 Å². The van der Waals surface area contributed by atoms with Crippen LogP contribution >= 0.6 is 45.9 Å². The molecule has 5 saturated heterocycles. The van der Waals surface area contributed by atoms with Gasteiger partial charge in [0.25, 0.3) is 0 Å². The molecular formula is C71H73Cl2F4N13O9S2. The number of methoxy groups -OCH3 is 2. The molecule has 30 heteroatoms. The Balaban J connectivity index is 0.000000181. The second kappa shape index (κ2) is 30.4. The number of hydrogen-bond acceptors (Lipinski definition) is 20. The average molecular weight is 1460 g/mol. The molecule has 14 rings (SSSR count). The molecule has 101 heavy (non-hydrogen) atoms. The summed E-state index contributed by atoms with van der Waals surface area (Å²) in [6.07, 6.45) is 7.48. The molecule has 4 aromatic carbocycles. The fourth-order valence-electron chi connectivity index (χ4n) is 14.6. The molecule has 22 nitrogen and oxygen atoms in total. The molecule has 4 amide bonds. The average Bonchev–Trinajstić information content (AvgIpc) is 1.47. The zero-order valence-corrected chi connectivity index (χ0v) is 58.8. The SMILES string of the molecule is COC(=O)C1=C(CN2CCN3C(=O)N(c4cc(F)cc(OC5CCC(C(C)=O)CC5)c4)C[C@@H]3C2)NC(c2nccs2)=N[C@H]1c1ccc(F)cc1Cl.COC(=O)C1=C(CN2CCN3C(=O)N(c4ccc(N5CCC(C(C)=O)CC5)c(F)c4)C[C@@H]3C2)NC(c2nccs2)=N[C@H]1c1ccc(F)cc1Cl. The fraction of sp³-hybridized carbons (Fsp3) is 0.408. The van der Waals surface area contributed by atoms with Gasteiger partial charge in [-0.15, -0.1) is 22.7 Å². The van der Waals surface area contributed by atoms with Crippen LogP contribution in [0.3, 0.4) is 0 Å². The number of thiazole rings is 2. The van der Waals surface area contributed by atoms with E-state index in [1.165, 1.54) is 91.5 Å². The molecule has 8 aliphatic rings. The van der Waals surface area contributed by atoms with Crippen molar-refractivity contribution in [2.24, 2.45) is 21.8 Å². The number of piperidine rings is 1. The summed E-state index contributed by atoms with van der Waals surface area (Å²) in [5.74, 6) is -1.47. The van der Waals surface area contributed by atoms with Crippen molar-refractivity contribution < 1.29 is 60.5 Å². The molecule has 530 valence electrons. The van der Waals surface area contributed by atoms with Crippen LogP contribution in [0.25, 0.3) is 0 Å². The minimum atomic E-state index is -0.890. The predicted octanol–water partition coefficient (Wildman–Crippen LogP) is 10.8. The molecule has 6 aromatic rings. The van der Waals surface area contributed by atoms with Gasteiger partial charge in [-0.25, -0.2) is 46.7 Å². The lowest BCUT2D eigenvalue weighted by atomic mass is 9.85. The highest BCUT2D eigenvalue weighted by molar-refractivity contribution is 7.12. The van der Waals surface area contributed by atoms with Crippen molar-refractivity contribution in [1.82, 2.24) is 40.2 Å². The number of amides is 4. The maximum absolute atomic E-state index is 15.5. The van der Waals surface area contributed by atoms with Gasteiger partial charge in [0.2, 0.25) is 0 Å². The van der Waals surface area contributed by atoms with Crippen LogP contribution in [0.2, 0.25) is 10.0 Å². The van der Waals surface area contributed by atoms with Crippen molar-refractivity contribution in [3.05, 3.63) is 173 Å². The van der Waals surface area contributed by atoms with Gasteiger partial charge in [0.15, 0.2) is 21.7 Å². The van der Waals surface area contributed by atoms with Gasteiger partial charge >= 0.3 is 24.0 Å². The number of ether oxygens (including phenoxy) is 3. The number of aliphatic imine (C=N–C) groups is 2. The number of amidine groups is 2. The van der Waals surface area contributed by atoms with E-state index in [0.29, 0.717) is 165 Å². The van der Waals surface area contributed by atoms with Crippen LogP contribution in [0.4, 0.5) is 44.2 Å². The monoisotopic (exact) mass is 1460 g/mol. The molecule has 0 radical (unpaired) electrons. The molecule has 0 spiro atoms. The van der Waals surface area contributed by atoms with E-state index in [1.807, 2.05) is 20.6 Å². The number of nitrogens with one attached hydrogen (secondary N) is 2. The Kier molecular flexibility index (Phi) is 21.3. The summed E-state index contributed by atoms with van der Waals surface area (Å²) < 4.78 is 75.0. The zero-order valence-electron chi connectivity index (χ0n) is 55.7. The summed E-state index contributed by atoms with van der Waals surface area (Å²) in [7, 11) is 2.58. The molecule has 9 heterocycles. The number of nitrogens with zero attached hydrogens (tertiary/aromatic N) is 11. The minimum Gasteiger partial charge on any atom is -0.490 e. The number of esters is 2. The molecule has 7 aliphatic heterocycles. The summed E-state index contributed by atoms with van der Waals surface area (Å²) in [6.45, 7) is 8.56. The van der Waals surface area contributed by atoms with Gasteiger partial charge in [-0.1, -0.05) is 35.3 Å². The Bertz CT molecular complexity index is 4320. The Morgan fingerprint density at radius 3 is 1.51 bits per heavy atom. The van der Waals surface area contributed by atoms with Crippen LogP contribution in [0.15, 0.2) is 128 Å². The largest absolute Gasteiger partial charge is 0.490 e. The molecule has 0 unspecified atom stereocenters. The van der Waals surface area contributed by atoms with Crippen LogP contribution in [0.1, 0.15) is 85.6 Å². The second-order valence-corrected chi connectivity index (χ2v) is 28.7. The molecule has 1 aliphatic carbocycles. The van der Waals surface area contributed by atoms with Crippen molar-refractivity contribution in [2.45, 2.75) is 82.6 Å². The number of urea groups is 2. The Hall–Kier alpha value is -8.80. The first-order chi connectivity index (χ1) is 48.7. The highest BCUT2D eigenvalue weighted by Gasteiger charge is 2.45. The minimum absolute atomic E-state index is 0.0212. The van der Waals surface area contributed by atoms with Crippen LogP contribution in [-0.2, 0) is 28.7 Å². The van der Waals surface area contributed by atoms with E-state index in [-0.39, 0.29) is 81.4 Å². The van der Waals surface area contributed by atoms with E-state index < -0.39 is 47.3 Å². The third-order valence-corrected chi connectivity index (χ3v) is 22.1. The number of rotatable bonds is 17. The first kappa shape index (κ1) is 70.6. The standard InChI is InChI=1S/C36H37ClF2N6O5S.C35H36ClF2N7O4S/c1-20(46)21-3-6-26(7-4-21)50-27-14-23(39)13-24(16-27)45-18-25-17-43(10-11-44(25)36(45)48)19-30-31(35(47)49-2)32(28-8-5-22(38)15-29(28)37)42-33(41-30)34-40-9-12-51-34;1-20(46)21-7-10-43(11-8-21)29-6-4-23(16-27(29)38)45-18-24-17-42(12-13-44(24)35(45)48)19-28-30(34(47)49-2)31(25-5-3-22(37)15-26(25)36)41-32(40-28)33-39-9-14-50-33/h5,8-9,12-16,21,25-26,32H,3-4,6-7,10-11,17-19H2,1-2H3,(H,41,42);3-6,9,14-16,21,24,31H,7-8,10-13,17-19H2,1-2H3,(H,40,41)/t21?,25-,26?,32-;24-,31-/m00/s1. The van der Waals surface area contributed by atoms with Crippen LogP contribution in [0.5, 0.6) is 5.75 Å². The summed E-state index contributed by atoms with van der Waals surface area (Å²) >= 11 is 15.7. The number of hydrogen-bond donors (Lipinski definition) is 2. The number of ketones is 2. The van der Waals surface area contributed by atoms with Gasteiger partial charge in [0.1, 0.15) is 52.7 Å². The highest BCUT2D eigenvalue weighted by atomic mass is 35.5. The lowest BCUT2D eigenvalue weighted by molar-refractivity contribution is -0.137. The number of fused-ring (bicyclic) bond motifs is 2. The van der Waals surface area contributed by atoms with Gasteiger partial charge in [-0.05, 0) is 101 Å². The van der Waals surface area contributed by atoms with Crippen LogP contribution in [0, 0.1) is 35.1 Å². The first-order valence-electron chi connectivity index (χ1n) is 33.3. The van der Waals surface area contributed by atoms with Gasteiger partial charge in [0.05, 0.1) is 54.9 Å². The highest BCUT2D eigenvalue weighted by Crippen LogP contribution is 2.41. The maximum Gasteiger partial charge on any atom is 0.338 e. The summed E-state index contributed by atoms with van der Waals surface area (Å²) in [5, 5.41) is 11.7. The third kappa shape index (κ3) is 15.2. The van der Waals surface area contributed by atoms with Crippen LogP contribution in [-0.4, -0.2) is 188 Å². The van der Waals surface area contributed by atoms with Crippen molar-refractivity contribution in [3.63, 3.8) is 0 Å². The normalized spacial score (nSPS) is 22.8. The van der Waals surface area contributed by atoms with E-state index >= 15 is 4.39 Å². The van der Waals surface area contributed by atoms with Gasteiger partial charge in [-0.3, -0.25) is 39.2 Å². The molecular weight excluding hydrogens is 1390 g/mol. The zero-order chi connectivity index (χ0) is 70.9. The summed E-state index contributed by atoms with van der Waals surface area (Å²) in [6, 6.07) is 14.7. The molecule has 2 N–H and O–H groups in total. The topological polar surface area (TPSA) is 227 Å². The number of Topliss-reactive ketones (excluding diaryl/α,β-unsaturated/α-hetero) is 2. The lowest BCUT2D eigenvalue weighted by Gasteiger charge is -2.38. The number of carbonyl (C=O) groups is 6. The van der Waals surface area contributed by atoms with E-state index in [0.717, 1.165) is 12.8 Å². The van der Waals surface area contributed by atoms with Gasteiger partial charge < -0.3 is 39.5 Å². The Labute approximate surface area is 598 Å². The fourth-order valence-corrected chi connectivity index (χ4v) is 16.4. The van der Waals surface area contributed by atoms with Crippen molar-refractivity contribution >= 4 is 110 Å². The number of anilines is 3. The van der Waals surface area contributed by atoms with Gasteiger partial charge in [0, 0.05) is 164 Å². The molecule has 1 saturated carbocycles. The maximum atomic E-state index is 15.5. The summed E-state index contributed by atoms with van der Waals surface area (Å²) in [4.78, 5) is 109. The lowest BCUT2D eigenvalue weighted by Crippen LogP contribution is -2.53. The van der Waals surface area contributed by atoms with E-state index in [1.54, 1.807) is 59.1 Å². The summed E-state index contributed by atoms with van der Waals surface area (Å²) in [5.41, 5.74) is 3.83. The van der Waals surface area contributed by atoms with Crippen LogP contribution < -0.4 is 30.1 Å². The molecule has 6 fully saturated rings. The number of aromatic nitrogens is 2. The predicted molar refractivity (Wildman–Crippen MR) is 375 cm³/mol. The first-order valence-corrected chi connectivity index (χ1v) is 35.9. The smallest absolute Gasteiger partial charge is 0.338 e. The van der Waals surface area contributed by atoms with E-state index in [9.17, 15) is 41.9 Å². The van der Waals surface area contributed by atoms with E-state index in [2.05, 4.69) is 30.4 Å².